The summed E-state index contributed by atoms with van der Waals surface area (Å²) in [7, 11) is 0. The van der Waals surface area contributed by atoms with Gasteiger partial charge in [0.1, 0.15) is 6.04 Å². The molecule has 2 aromatic carbocycles. The molecular weight excluding hydrogens is 378 g/mol. The van der Waals surface area contributed by atoms with Crippen molar-refractivity contribution >= 4 is 34.3 Å². The maximum absolute atomic E-state index is 13.1. The summed E-state index contributed by atoms with van der Waals surface area (Å²) in [6.45, 7) is 0.469. The minimum absolute atomic E-state index is 0.138. The van der Waals surface area contributed by atoms with Crippen LogP contribution in [0.15, 0.2) is 54.7 Å². The largest absolute Gasteiger partial charge is 0.391 e. The molecule has 1 aromatic heterocycles. The lowest BCUT2D eigenvalue weighted by atomic mass is 10.1. The molecule has 7 heteroatoms. The van der Waals surface area contributed by atoms with Gasteiger partial charge >= 0.3 is 0 Å². The van der Waals surface area contributed by atoms with Crippen molar-refractivity contribution < 1.29 is 14.7 Å². The molecule has 3 aromatic rings. The van der Waals surface area contributed by atoms with Crippen molar-refractivity contribution in [3.63, 3.8) is 0 Å². The molecule has 0 saturated carbocycles. The maximum atomic E-state index is 13.1. The van der Waals surface area contributed by atoms with Gasteiger partial charge in [0.15, 0.2) is 0 Å². The van der Waals surface area contributed by atoms with Crippen LogP contribution >= 0.6 is 11.6 Å². The van der Waals surface area contributed by atoms with Gasteiger partial charge in [0.2, 0.25) is 5.91 Å². The van der Waals surface area contributed by atoms with Gasteiger partial charge in [-0.05, 0) is 35.9 Å². The molecule has 0 aliphatic carbocycles. The number of β-amino-alcohol motifs (C(OH)–C–C–N with tert-alkyl or cyclic N) is 1. The highest BCUT2D eigenvalue weighted by Crippen LogP contribution is 2.25. The number of hydrogen-bond donors (Lipinski definition) is 3. The van der Waals surface area contributed by atoms with E-state index in [0.717, 1.165) is 16.5 Å². The molecule has 1 fully saturated rings. The highest BCUT2D eigenvalue weighted by atomic mass is 35.5. The SMILES string of the molecule is O=C(NCc1ccc(Cl)cc1)[C@@H]1C[C@@H](O)CN1C(=O)c1cccc2[nH]ccc12. The zero-order valence-corrected chi connectivity index (χ0v) is 15.8. The molecule has 1 aliphatic rings. The highest BCUT2D eigenvalue weighted by Gasteiger charge is 2.39. The molecule has 2 amide bonds. The van der Waals surface area contributed by atoms with E-state index in [1.807, 2.05) is 24.3 Å². The number of aliphatic hydroxyl groups is 1. The molecule has 6 nitrogen and oxygen atoms in total. The molecular formula is C21H20ClN3O3. The number of aliphatic hydroxyl groups excluding tert-OH is 1. The summed E-state index contributed by atoms with van der Waals surface area (Å²) in [5, 5.41) is 14.4. The van der Waals surface area contributed by atoms with E-state index in [9.17, 15) is 14.7 Å². The van der Waals surface area contributed by atoms with E-state index in [0.29, 0.717) is 17.1 Å². The first-order valence-electron chi connectivity index (χ1n) is 9.10. The topological polar surface area (TPSA) is 85.4 Å². The van der Waals surface area contributed by atoms with Gasteiger partial charge in [-0.15, -0.1) is 0 Å². The summed E-state index contributed by atoms with van der Waals surface area (Å²) in [6.07, 6.45) is 1.28. The second kappa shape index (κ2) is 7.66. The van der Waals surface area contributed by atoms with Gasteiger partial charge in [-0.3, -0.25) is 9.59 Å². The van der Waals surface area contributed by atoms with Crippen LogP contribution in [0.2, 0.25) is 5.02 Å². The predicted molar refractivity (Wildman–Crippen MR) is 107 cm³/mol. The van der Waals surface area contributed by atoms with Crippen molar-refractivity contribution in [2.45, 2.75) is 25.1 Å². The van der Waals surface area contributed by atoms with Gasteiger partial charge in [-0.1, -0.05) is 29.8 Å². The first-order valence-corrected chi connectivity index (χ1v) is 9.48. The summed E-state index contributed by atoms with van der Waals surface area (Å²) in [6, 6.07) is 13.8. The number of likely N-dealkylation sites (tertiary alicyclic amines) is 1. The van der Waals surface area contributed by atoms with Crippen molar-refractivity contribution in [1.82, 2.24) is 15.2 Å². The summed E-state index contributed by atoms with van der Waals surface area (Å²) in [5.41, 5.74) is 2.28. The first-order chi connectivity index (χ1) is 13.5. The lowest BCUT2D eigenvalue weighted by Crippen LogP contribution is -2.45. The zero-order chi connectivity index (χ0) is 19.7. The Kier molecular flexibility index (Phi) is 5.07. The van der Waals surface area contributed by atoms with E-state index < -0.39 is 12.1 Å². The monoisotopic (exact) mass is 397 g/mol. The van der Waals surface area contributed by atoms with E-state index >= 15 is 0 Å². The molecule has 0 radical (unpaired) electrons. The molecule has 0 bridgehead atoms. The van der Waals surface area contributed by atoms with Crippen LogP contribution in [0.4, 0.5) is 0 Å². The van der Waals surface area contributed by atoms with Gasteiger partial charge in [-0.25, -0.2) is 0 Å². The van der Waals surface area contributed by atoms with Gasteiger partial charge in [0.05, 0.1) is 6.10 Å². The molecule has 144 valence electrons. The number of benzene rings is 2. The number of aromatic amines is 1. The molecule has 28 heavy (non-hydrogen) atoms. The second-order valence-corrected chi connectivity index (χ2v) is 7.39. The normalized spacial score (nSPS) is 19.1. The third-order valence-electron chi connectivity index (χ3n) is 5.05. The van der Waals surface area contributed by atoms with Crippen LogP contribution in [0.5, 0.6) is 0 Å². The number of H-pyrrole nitrogens is 1. The van der Waals surface area contributed by atoms with Crippen LogP contribution in [0.1, 0.15) is 22.3 Å². The van der Waals surface area contributed by atoms with Crippen LogP contribution in [0, 0.1) is 0 Å². The van der Waals surface area contributed by atoms with Crippen LogP contribution in [-0.4, -0.2) is 45.5 Å². The molecule has 1 aliphatic heterocycles. The number of carbonyl (C=O) groups is 2. The van der Waals surface area contributed by atoms with Crippen molar-refractivity contribution in [1.29, 1.82) is 0 Å². The Labute approximate surface area is 167 Å². The first kappa shape index (κ1) is 18.5. The van der Waals surface area contributed by atoms with Crippen molar-refractivity contribution in [3.05, 3.63) is 70.9 Å². The molecule has 2 atom stereocenters. The second-order valence-electron chi connectivity index (χ2n) is 6.95. The molecule has 3 N–H and O–H groups in total. The molecule has 0 unspecified atom stereocenters. The van der Waals surface area contributed by atoms with Crippen molar-refractivity contribution in [2.75, 3.05) is 6.54 Å². The molecule has 0 spiro atoms. The summed E-state index contributed by atoms with van der Waals surface area (Å²) >= 11 is 5.88. The maximum Gasteiger partial charge on any atom is 0.255 e. The Hall–Kier alpha value is -2.83. The van der Waals surface area contributed by atoms with E-state index in [2.05, 4.69) is 10.3 Å². The summed E-state index contributed by atoms with van der Waals surface area (Å²) in [4.78, 5) is 30.4. The Bertz CT molecular complexity index is 1020. The number of nitrogens with zero attached hydrogens (tertiary/aromatic N) is 1. The Morgan fingerprint density at radius 3 is 2.75 bits per heavy atom. The Morgan fingerprint density at radius 1 is 1.18 bits per heavy atom. The zero-order valence-electron chi connectivity index (χ0n) is 15.1. The number of rotatable bonds is 4. The van der Waals surface area contributed by atoms with E-state index in [-0.39, 0.29) is 24.8 Å². The number of aromatic nitrogens is 1. The average molecular weight is 398 g/mol. The van der Waals surface area contributed by atoms with E-state index in [4.69, 9.17) is 11.6 Å². The van der Waals surface area contributed by atoms with Crippen LogP contribution in [0.3, 0.4) is 0 Å². The quantitative estimate of drug-likeness (QED) is 0.632. The molecule has 4 rings (SSSR count). The lowest BCUT2D eigenvalue weighted by molar-refractivity contribution is -0.125. The Balaban J connectivity index is 1.51. The number of hydrogen-bond acceptors (Lipinski definition) is 3. The number of carbonyl (C=O) groups excluding carboxylic acids is 2. The number of amides is 2. The third kappa shape index (κ3) is 3.61. The summed E-state index contributed by atoms with van der Waals surface area (Å²) < 4.78 is 0. The van der Waals surface area contributed by atoms with Gasteiger partial charge in [-0.2, -0.15) is 0 Å². The fraction of sp³-hybridized carbons (Fsp3) is 0.238. The third-order valence-corrected chi connectivity index (χ3v) is 5.30. The fourth-order valence-corrected chi connectivity index (χ4v) is 3.75. The van der Waals surface area contributed by atoms with Crippen LogP contribution < -0.4 is 5.32 Å². The average Bonchev–Trinajstić information content (AvgIpc) is 3.33. The predicted octanol–water partition coefficient (Wildman–Crippen LogP) is 2.71. The van der Waals surface area contributed by atoms with Gasteiger partial charge < -0.3 is 20.3 Å². The fourth-order valence-electron chi connectivity index (χ4n) is 3.62. The number of fused-ring (bicyclic) bond motifs is 1. The van der Waals surface area contributed by atoms with E-state index in [1.165, 1.54) is 4.90 Å². The van der Waals surface area contributed by atoms with Crippen LogP contribution in [-0.2, 0) is 11.3 Å². The Morgan fingerprint density at radius 2 is 1.96 bits per heavy atom. The lowest BCUT2D eigenvalue weighted by Gasteiger charge is -2.24. The molecule has 2 heterocycles. The minimum atomic E-state index is -0.722. The van der Waals surface area contributed by atoms with E-state index in [1.54, 1.807) is 30.5 Å². The molecule has 1 saturated heterocycles. The van der Waals surface area contributed by atoms with Crippen molar-refractivity contribution in [2.24, 2.45) is 0 Å². The number of nitrogens with one attached hydrogen (secondary N) is 2. The number of halogens is 1. The smallest absolute Gasteiger partial charge is 0.255 e. The van der Waals surface area contributed by atoms with Gasteiger partial charge in [0.25, 0.3) is 5.91 Å². The van der Waals surface area contributed by atoms with Gasteiger partial charge in [0, 0.05) is 47.2 Å². The van der Waals surface area contributed by atoms with Crippen molar-refractivity contribution in [3.8, 4) is 0 Å². The van der Waals surface area contributed by atoms with Crippen LogP contribution in [0.25, 0.3) is 10.9 Å². The standard InChI is InChI=1S/C21H20ClN3O3/c22-14-6-4-13(5-7-14)11-24-20(27)19-10-15(26)12-25(19)21(28)17-2-1-3-18-16(17)8-9-23-18/h1-9,15,19,23,26H,10-12H2,(H,24,27)/t15-,19+/m1/s1. The summed E-state index contributed by atoms with van der Waals surface area (Å²) in [5.74, 6) is -0.533. The minimum Gasteiger partial charge on any atom is -0.391 e. The highest BCUT2D eigenvalue weighted by molar-refractivity contribution is 6.30.